The molecule has 1 aromatic carbocycles. The van der Waals surface area contributed by atoms with Crippen molar-refractivity contribution in [2.24, 2.45) is 0 Å². The highest BCUT2D eigenvalue weighted by Crippen LogP contribution is 2.23. The summed E-state index contributed by atoms with van der Waals surface area (Å²) >= 11 is 0. The van der Waals surface area contributed by atoms with Gasteiger partial charge >= 0.3 is 0 Å². The van der Waals surface area contributed by atoms with E-state index in [2.05, 4.69) is 20.3 Å². The second-order valence-corrected chi connectivity index (χ2v) is 4.47. The number of rotatable bonds is 4. The maximum atomic E-state index is 13.8. The zero-order valence-corrected chi connectivity index (χ0v) is 11.1. The number of hydrogen-bond acceptors (Lipinski definition) is 5. The molecule has 0 bridgehead atoms. The first-order valence-corrected chi connectivity index (χ1v) is 6.49. The molecule has 0 aliphatic heterocycles. The van der Waals surface area contributed by atoms with Crippen LogP contribution in [0.25, 0.3) is 22.2 Å². The van der Waals surface area contributed by atoms with Crippen molar-refractivity contribution in [2.75, 3.05) is 18.5 Å². The maximum Gasteiger partial charge on any atom is 0.132 e. The molecule has 0 unspecified atom stereocenters. The Balaban J connectivity index is 2.02. The van der Waals surface area contributed by atoms with Crippen molar-refractivity contribution >= 4 is 16.7 Å². The van der Waals surface area contributed by atoms with Gasteiger partial charge in [0.1, 0.15) is 18.0 Å². The van der Waals surface area contributed by atoms with Gasteiger partial charge in [0.25, 0.3) is 0 Å². The summed E-state index contributed by atoms with van der Waals surface area (Å²) in [5.41, 5.74) is 1.96. The highest BCUT2D eigenvalue weighted by Gasteiger charge is 2.06. The Kier molecular flexibility index (Phi) is 3.70. The van der Waals surface area contributed by atoms with E-state index in [9.17, 15) is 4.39 Å². The Bertz CT molecular complexity index is 778. The smallest absolute Gasteiger partial charge is 0.132 e. The summed E-state index contributed by atoms with van der Waals surface area (Å²) in [6.45, 7) is 0.420. The van der Waals surface area contributed by atoms with Gasteiger partial charge in [-0.15, -0.1) is 0 Å². The van der Waals surface area contributed by atoms with Crippen LogP contribution in [-0.4, -0.2) is 33.2 Å². The van der Waals surface area contributed by atoms with Crippen molar-refractivity contribution in [3.05, 3.63) is 48.7 Å². The Morgan fingerprint density at radius 1 is 1.14 bits per heavy atom. The summed E-state index contributed by atoms with van der Waals surface area (Å²) in [5, 5.41) is 12.2. The number of nitrogens with one attached hydrogen (secondary N) is 1. The Morgan fingerprint density at radius 3 is 2.90 bits per heavy atom. The molecule has 0 spiro atoms. The summed E-state index contributed by atoms with van der Waals surface area (Å²) < 4.78 is 13.8. The monoisotopic (exact) mass is 284 g/mol. The highest BCUT2D eigenvalue weighted by molar-refractivity contribution is 5.83. The lowest BCUT2D eigenvalue weighted by Gasteiger charge is -2.06. The third-order valence-electron chi connectivity index (χ3n) is 3.05. The Morgan fingerprint density at radius 2 is 2.05 bits per heavy atom. The topological polar surface area (TPSA) is 70.9 Å². The molecule has 5 nitrogen and oxygen atoms in total. The predicted octanol–water partition coefficient (Wildman–Crippen LogP) is 2.24. The van der Waals surface area contributed by atoms with Gasteiger partial charge in [-0.05, 0) is 18.2 Å². The molecule has 106 valence electrons. The van der Waals surface area contributed by atoms with E-state index in [1.54, 1.807) is 30.5 Å². The van der Waals surface area contributed by atoms with Gasteiger partial charge in [0, 0.05) is 29.8 Å². The van der Waals surface area contributed by atoms with Gasteiger partial charge in [0.2, 0.25) is 0 Å². The van der Waals surface area contributed by atoms with E-state index in [-0.39, 0.29) is 12.4 Å². The normalized spacial score (nSPS) is 10.8. The van der Waals surface area contributed by atoms with Crippen LogP contribution in [0.3, 0.4) is 0 Å². The molecule has 0 aliphatic rings. The molecular formula is C15H13FN4O. The molecule has 0 atom stereocenters. The number of aromatic nitrogens is 3. The van der Waals surface area contributed by atoms with Gasteiger partial charge in [0.05, 0.1) is 17.8 Å². The fourth-order valence-corrected chi connectivity index (χ4v) is 2.05. The number of pyridine rings is 1. The first-order valence-electron chi connectivity index (χ1n) is 6.49. The molecule has 0 aliphatic carbocycles. The minimum absolute atomic E-state index is 0.0159. The van der Waals surface area contributed by atoms with E-state index >= 15 is 0 Å². The standard InChI is InChI=1S/C15H13FN4O/c16-12-2-1-3-13-11(12)6-10(8-18-13)14-7-15(17-4-5-21)20-9-19-14/h1-3,6-9,21H,4-5H2,(H,17,19,20). The van der Waals surface area contributed by atoms with E-state index in [1.165, 1.54) is 12.4 Å². The predicted molar refractivity (Wildman–Crippen MR) is 78.3 cm³/mol. The number of anilines is 1. The summed E-state index contributed by atoms with van der Waals surface area (Å²) in [4.78, 5) is 12.5. The molecule has 0 saturated carbocycles. The highest BCUT2D eigenvalue weighted by atomic mass is 19.1. The summed E-state index contributed by atoms with van der Waals surface area (Å²) in [7, 11) is 0. The molecule has 6 heteroatoms. The SMILES string of the molecule is OCCNc1cc(-c2cnc3cccc(F)c3c2)ncn1. The minimum atomic E-state index is -0.311. The van der Waals surface area contributed by atoms with Crippen molar-refractivity contribution in [3.63, 3.8) is 0 Å². The van der Waals surface area contributed by atoms with E-state index < -0.39 is 0 Å². The molecule has 0 radical (unpaired) electrons. The van der Waals surface area contributed by atoms with Crippen LogP contribution >= 0.6 is 0 Å². The first kappa shape index (κ1) is 13.4. The van der Waals surface area contributed by atoms with Crippen LogP contribution in [0.15, 0.2) is 42.9 Å². The number of nitrogens with zero attached hydrogens (tertiary/aromatic N) is 3. The molecule has 0 fully saturated rings. The molecule has 0 saturated heterocycles. The maximum absolute atomic E-state index is 13.8. The number of fused-ring (bicyclic) bond motifs is 1. The molecule has 21 heavy (non-hydrogen) atoms. The van der Waals surface area contributed by atoms with Gasteiger partial charge in [-0.25, -0.2) is 14.4 Å². The zero-order chi connectivity index (χ0) is 14.7. The van der Waals surface area contributed by atoms with Crippen LogP contribution in [0.1, 0.15) is 0 Å². The lowest BCUT2D eigenvalue weighted by Crippen LogP contribution is -2.07. The van der Waals surface area contributed by atoms with E-state index in [0.29, 0.717) is 34.5 Å². The third-order valence-corrected chi connectivity index (χ3v) is 3.05. The van der Waals surface area contributed by atoms with Crippen molar-refractivity contribution in [2.45, 2.75) is 0 Å². The summed E-state index contributed by atoms with van der Waals surface area (Å²) in [5.74, 6) is 0.289. The van der Waals surface area contributed by atoms with Crippen LogP contribution in [0.5, 0.6) is 0 Å². The molecule has 2 N–H and O–H groups in total. The van der Waals surface area contributed by atoms with Crippen LogP contribution in [-0.2, 0) is 0 Å². The van der Waals surface area contributed by atoms with Crippen molar-refractivity contribution in [1.29, 1.82) is 0 Å². The van der Waals surface area contributed by atoms with E-state index in [1.807, 2.05) is 0 Å². The van der Waals surface area contributed by atoms with Crippen LogP contribution < -0.4 is 5.32 Å². The summed E-state index contributed by atoms with van der Waals surface area (Å²) in [6.07, 6.45) is 3.07. The molecule has 3 aromatic rings. The van der Waals surface area contributed by atoms with Crippen LogP contribution in [0.4, 0.5) is 10.2 Å². The van der Waals surface area contributed by atoms with Crippen LogP contribution in [0, 0.1) is 5.82 Å². The second kappa shape index (κ2) is 5.80. The number of aliphatic hydroxyl groups is 1. The minimum Gasteiger partial charge on any atom is -0.395 e. The molecule has 2 aromatic heterocycles. The number of aliphatic hydroxyl groups excluding tert-OH is 1. The first-order chi connectivity index (χ1) is 10.3. The van der Waals surface area contributed by atoms with E-state index in [4.69, 9.17) is 5.11 Å². The van der Waals surface area contributed by atoms with Crippen molar-refractivity contribution < 1.29 is 9.50 Å². The van der Waals surface area contributed by atoms with Crippen LogP contribution in [0.2, 0.25) is 0 Å². The second-order valence-electron chi connectivity index (χ2n) is 4.47. The molecule has 0 amide bonds. The average molecular weight is 284 g/mol. The van der Waals surface area contributed by atoms with E-state index in [0.717, 1.165) is 0 Å². The number of halogens is 1. The zero-order valence-electron chi connectivity index (χ0n) is 11.1. The van der Waals surface area contributed by atoms with Gasteiger partial charge in [-0.1, -0.05) is 6.07 Å². The van der Waals surface area contributed by atoms with Gasteiger partial charge in [-0.3, -0.25) is 4.98 Å². The quantitative estimate of drug-likeness (QED) is 0.769. The molecule has 2 heterocycles. The van der Waals surface area contributed by atoms with Gasteiger partial charge < -0.3 is 10.4 Å². The fraction of sp³-hybridized carbons (Fsp3) is 0.133. The van der Waals surface area contributed by atoms with Gasteiger partial charge in [0.15, 0.2) is 0 Å². The lowest BCUT2D eigenvalue weighted by molar-refractivity contribution is 0.311. The van der Waals surface area contributed by atoms with Gasteiger partial charge in [-0.2, -0.15) is 0 Å². The van der Waals surface area contributed by atoms with Crippen molar-refractivity contribution in [3.8, 4) is 11.3 Å². The van der Waals surface area contributed by atoms with Crippen molar-refractivity contribution in [1.82, 2.24) is 15.0 Å². The fourth-order valence-electron chi connectivity index (χ4n) is 2.05. The third kappa shape index (κ3) is 2.80. The summed E-state index contributed by atoms with van der Waals surface area (Å²) in [6, 6.07) is 8.25. The Hall–Kier alpha value is -2.60. The number of hydrogen-bond donors (Lipinski definition) is 2. The lowest BCUT2D eigenvalue weighted by atomic mass is 10.1. The molecule has 3 rings (SSSR count). The Labute approximate surface area is 120 Å². The number of benzene rings is 1. The average Bonchev–Trinajstić information content (AvgIpc) is 2.53. The molecular weight excluding hydrogens is 271 g/mol. The largest absolute Gasteiger partial charge is 0.395 e.